The molecule has 1 aliphatic rings. The van der Waals surface area contributed by atoms with E-state index in [1.807, 2.05) is 43.3 Å². The van der Waals surface area contributed by atoms with Crippen molar-refractivity contribution in [3.63, 3.8) is 0 Å². The molecule has 6 nitrogen and oxygen atoms in total. The average Bonchev–Trinajstić information content (AvgIpc) is 3.30. The van der Waals surface area contributed by atoms with Gasteiger partial charge in [-0.3, -0.25) is 4.79 Å². The molecule has 0 unspecified atom stereocenters. The number of hydrogen-bond acceptors (Lipinski definition) is 5. The number of carbonyl (C=O) groups excluding carboxylic acids is 1. The van der Waals surface area contributed by atoms with Gasteiger partial charge in [-0.2, -0.15) is 0 Å². The van der Waals surface area contributed by atoms with Gasteiger partial charge in [0.1, 0.15) is 5.69 Å². The van der Waals surface area contributed by atoms with Gasteiger partial charge in [0, 0.05) is 25.1 Å². The number of rotatable bonds is 5. The molecule has 2 aromatic carbocycles. The van der Waals surface area contributed by atoms with Crippen LogP contribution in [-0.4, -0.2) is 22.8 Å². The predicted molar refractivity (Wildman–Crippen MR) is 104 cm³/mol. The number of carbonyl (C=O) groups is 1. The molecule has 0 saturated carbocycles. The molecule has 0 spiro atoms. The topological polar surface area (TPSA) is 64.8 Å². The standard InChI is InChI=1S/C22H22N2O4/c1-14-4-6-19(15(2)8-14)21-10-18(23-28-21)12-24(16(3)25)11-17-5-7-20-22(9-17)27-13-26-20/h4-10H,11-13H2,1-3H3. The summed E-state index contributed by atoms with van der Waals surface area (Å²) in [6.07, 6.45) is 0. The number of amides is 1. The summed E-state index contributed by atoms with van der Waals surface area (Å²) in [7, 11) is 0. The molecular formula is C22H22N2O4. The molecule has 1 amide bonds. The maximum atomic E-state index is 12.2. The molecule has 6 heteroatoms. The summed E-state index contributed by atoms with van der Waals surface area (Å²) in [6.45, 7) is 6.72. The van der Waals surface area contributed by atoms with Crippen LogP contribution in [0.5, 0.6) is 11.5 Å². The van der Waals surface area contributed by atoms with Gasteiger partial charge in [0.05, 0.1) is 6.54 Å². The van der Waals surface area contributed by atoms with Crippen molar-refractivity contribution in [2.45, 2.75) is 33.9 Å². The smallest absolute Gasteiger partial charge is 0.231 e. The first-order chi connectivity index (χ1) is 13.5. The molecule has 0 N–H and O–H groups in total. The molecule has 0 atom stereocenters. The monoisotopic (exact) mass is 378 g/mol. The third-order valence-corrected chi connectivity index (χ3v) is 4.81. The van der Waals surface area contributed by atoms with Crippen LogP contribution in [0.2, 0.25) is 0 Å². The number of nitrogens with zero attached hydrogens (tertiary/aromatic N) is 2. The summed E-state index contributed by atoms with van der Waals surface area (Å²) >= 11 is 0. The quantitative estimate of drug-likeness (QED) is 0.665. The number of aryl methyl sites for hydroxylation is 2. The molecule has 0 bridgehead atoms. The third kappa shape index (κ3) is 3.71. The maximum absolute atomic E-state index is 12.2. The minimum Gasteiger partial charge on any atom is -0.454 e. The highest BCUT2D eigenvalue weighted by Gasteiger charge is 2.18. The van der Waals surface area contributed by atoms with Crippen molar-refractivity contribution < 1.29 is 18.8 Å². The van der Waals surface area contributed by atoms with Gasteiger partial charge in [-0.15, -0.1) is 0 Å². The van der Waals surface area contributed by atoms with Crippen molar-refractivity contribution in [3.05, 3.63) is 64.8 Å². The van der Waals surface area contributed by atoms with Crippen LogP contribution in [0.4, 0.5) is 0 Å². The first kappa shape index (κ1) is 18.1. The summed E-state index contributed by atoms with van der Waals surface area (Å²) in [5.74, 6) is 2.11. The fraction of sp³-hybridized carbons (Fsp3) is 0.273. The van der Waals surface area contributed by atoms with Gasteiger partial charge < -0.3 is 18.9 Å². The van der Waals surface area contributed by atoms with E-state index in [2.05, 4.69) is 18.1 Å². The van der Waals surface area contributed by atoms with Gasteiger partial charge >= 0.3 is 0 Å². The highest BCUT2D eigenvalue weighted by Crippen LogP contribution is 2.33. The molecule has 28 heavy (non-hydrogen) atoms. The van der Waals surface area contributed by atoms with Gasteiger partial charge in [-0.05, 0) is 37.1 Å². The number of benzene rings is 2. The summed E-state index contributed by atoms with van der Waals surface area (Å²) in [5, 5.41) is 4.16. The highest BCUT2D eigenvalue weighted by atomic mass is 16.7. The van der Waals surface area contributed by atoms with Gasteiger partial charge in [-0.1, -0.05) is 35.0 Å². The first-order valence-corrected chi connectivity index (χ1v) is 9.17. The zero-order valence-electron chi connectivity index (χ0n) is 16.2. The lowest BCUT2D eigenvalue weighted by atomic mass is 10.0. The Kier molecular flexibility index (Phi) is 4.77. The van der Waals surface area contributed by atoms with E-state index in [0.717, 1.165) is 22.4 Å². The number of aromatic nitrogens is 1. The summed E-state index contributed by atoms with van der Waals surface area (Å²) in [5.41, 5.74) is 5.02. The van der Waals surface area contributed by atoms with Crippen LogP contribution < -0.4 is 9.47 Å². The fourth-order valence-electron chi connectivity index (χ4n) is 3.34. The zero-order chi connectivity index (χ0) is 19.7. The molecule has 0 saturated heterocycles. The fourth-order valence-corrected chi connectivity index (χ4v) is 3.34. The minimum atomic E-state index is -0.0336. The molecule has 0 radical (unpaired) electrons. The summed E-state index contributed by atoms with van der Waals surface area (Å²) in [6, 6.07) is 13.8. The Morgan fingerprint density at radius 3 is 2.64 bits per heavy atom. The van der Waals surface area contributed by atoms with Gasteiger partial charge in [0.2, 0.25) is 12.7 Å². The van der Waals surface area contributed by atoms with Crippen LogP contribution in [0.3, 0.4) is 0 Å². The highest BCUT2D eigenvalue weighted by molar-refractivity contribution is 5.73. The lowest BCUT2D eigenvalue weighted by Gasteiger charge is -2.20. The van der Waals surface area contributed by atoms with E-state index in [1.54, 1.807) is 11.8 Å². The Morgan fingerprint density at radius 2 is 1.86 bits per heavy atom. The average molecular weight is 378 g/mol. The van der Waals surface area contributed by atoms with Gasteiger partial charge in [-0.25, -0.2) is 0 Å². The molecule has 4 rings (SSSR count). The lowest BCUT2D eigenvalue weighted by Crippen LogP contribution is -2.27. The second kappa shape index (κ2) is 7.38. The third-order valence-electron chi connectivity index (χ3n) is 4.81. The predicted octanol–water partition coefficient (Wildman–Crippen LogP) is 4.24. The van der Waals surface area contributed by atoms with Crippen molar-refractivity contribution in [2.24, 2.45) is 0 Å². The zero-order valence-corrected chi connectivity index (χ0v) is 16.2. The van der Waals surface area contributed by atoms with E-state index in [-0.39, 0.29) is 12.7 Å². The molecule has 3 aromatic rings. The van der Waals surface area contributed by atoms with Gasteiger partial charge in [0.25, 0.3) is 0 Å². The van der Waals surface area contributed by atoms with Crippen molar-refractivity contribution in [3.8, 4) is 22.8 Å². The van der Waals surface area contributed by atoms with Crippen LogP contribution in [0.15, 0.2) is 47.0 Å². The Labute approximate surface area is 163 Å². The molecular weight excluding hydrogens is 356 g/mol. The van der Waals surface area contributed by atoms with Crippen LogP contribution in [-0.2, 0) is 17.9 Å². The number of hydrogen-bond donors (Lipinski definition) is 0. The molecule has 1 aliphatic heterocycles. The Morgan fingerprint density at radius 1 is 1.04 bits per heavy atom. The first-order valence-electron chi connectivity index (χ1n) is 9.17. The Hall–Kier alpha value is -3.28. The van der Waals surface area contributed by atoms with Gasteiger partial charge in [0.15, 0.2) is 17.3 Å². The SMILES string of the molecule is CC(=O)N(Cc1ccc2c(c1)OCO2)Cc1cc(-c2ccc(C)cc2C)on1. The normalized spacial score (nSPS) is 12.2. The van der Waals surface area contributed by atoms with Crippen molar-refractivity contribution in [1.29, 1.82) is 0 Å². The molecule has 144 valence electrons. The summed E-state index contributed by atoms with van der Waals surface area (Å²) < 4.78 is 16.3. The second-order valence-corrected chi connectivity index (χ2v) is 7.06. The largest absolute Gasteiger partial charge is 0.454 e. The number of ether oxygens (including phenoxy) is 2. The van der Waals surface area contributed by atoms with Crippen LogP contribution in [0, 0.1) is 13.8 Å². The van der Waals surface area contributed by atoms with E-state index < -0.39 is 0 Å². The van der Waals surface area contributed by atoms with E-state index in [0.29, 0.717) is 30.3 Å². The molecule has 0 fully saturated rings. The summed E-state index contributed by atoms with van der Waals surface area (Å²) in [4.78, 5) is 13.9. The second-order valence-electron chi connectivity index (χ2n) is 7.06. The van der Waals surface area contributed by atoms with E-state index in [1.165, 1.54) is 5.56 Å². The van der Waals surface area contributed by atoms with E-state index >= 15 is 0 Å². The van der Waals surface area contributed by atoms with Crippen LogP contribution in [0.1, 0.15) is 29.3 Å². The maximum Gasteiger partial charge on any atom is 0.231 e. The molecule has 1 aromatic heterocycles. The lowest BCUT2D eigenvalue weighted by molar-refractivity contribution is -0.130. The van der Waals surface area contributed by atoms with E-state index in [4.69, 9.17) is 14.0 Å². The van der Waals surface area contributed by atoms with Crippen LogP contribution in [0.25, 0.3) is 11.3 Å². The Balaban J connectivity index is 1.51. The minimum absolute atomic E-state index is 0.0336. The Bertz CT molecular complexity index is 1030. The van der Waals surface area contributed by atoms with Crippen molar-refractivity contribution >= 4 is 5.91 Å². The van der Waals surface area contributed by atoms with Crippen LogP contribution >= 0.6 is 0 Å². The molecule has 2 heterocycles. The van der Waals surface area contributed by atoms with E-state index in [9.17, 15) is 4.79 Å². The molecule has 0 aliphatic carbocycles. The van der Waals surface area contributed by atoms with Crippen molar-refractivity contribution in [1.82, 2.24) is 10.1 Å². The number of fused-ring (bicyclic) bond motifs is 1. The van der Waals surface area contributed by atoms with Crippen molar-refractivity contribution in [2.75, 3.05) is 6.79 Å².